The van der Waals surface area contributed by atoms with Gasteiger partial charge in [-0.05, 0) is 68.9 Å². The third-order valence-electron chi connectivity index (χ3n) is 10.6. The first-order chi connectivity index (χ1) is 25.1. The molecule has 1 aromatic carbocycles. The van der Waals surface area contributed by atoms with Crippen molar-refractivity contribution in [3.63, 3.8) is 0 Å². The first-order valence-electron chi connectivity index (χ1n) is 18.4. The number of amides is 4. The molecule has 16 heteroatoms. The molecule has 15 nitrogen and oxygen atoms in total. The second-order valence-corrected chi connectivity index (χ2v) is 17.6. The van der Waals surface area contributed by atoms with Crippen LogP contribution in [0.5, 0.6) is 11.6 Å². The van der Waals surface area contributed by atoms with Crippen LogP contribution in [-0.4, -0.2) is 95.8 Å². The van der Waals surface area contributed by atoms with Gasteiger partial charge in [-0.15, -0.1) is 6.58 Å². The molecule has 2 heterocycles. The van der Waals surface area contributed by atoms with Crippen molar-refractivity contribution in [3.05, 3.63) is 36.5 Å². The van der Waals surface area contributed by atoms with E-state index in [1.54, 1.807) is 46.1 Å². The lowest BCUT2D eigenvalue weighted by molar-refractivity contribution is -0.143. The molecule has 4 fully saturated rings. The van der Waals surface area contributed by atoms with E-state index in [0.717, 1.165) is 25.7 Å². The van der Waals surface area contributed by atoms with Crippen LogP contribution in [0.25, 0.3) is 11.0 Å². The monoisotopic (exact) mass is 754 g/mol. The molecule has 4 aliphatic rings. The fourth-order valence-electron chi connectivity index (χ4n) is 7.18. The molecule has 5 atom stereocenters. The molecular formula is C37H50N6O9S. The Balaban J connectivity index is 1.29. The van der Waals surface area contributed by atoms with E-state index in [0.29, 0.717) is 41.7 Å². The standard InChI is InChI=1S/C37H50N6O9S/c1-7-21-19-37(21,34(46)42-53(48,49)25-14-15-25)41-31(44)29-18-24(51-32-26(8-2)38-27-16-13-23(50-6)17-28(27)39-32)20-43(29)33(45)30(36(3,4)5)40-35(47)52-22-11-9-10-12-22/h7,13,16-17,21-22,24-25,29-30H,1,8-12,14-15,18-20H2,2-6H3,(H,40,47)(H,41,44)(H,42,46)/t21-,24-,29+,30-,37-/m1/s1. The molecule has 6 rings (SSSR count). The van der Waals surface area contributed by atoms with E-state index >= 15 is 0 Å². The first-order valence-corrected chi connectivity index (χ1v) is 19.9. The fourth-order valence-corrected chi connectivity index (χ4v) is 8.55. The van der Waals surface area contributed by atoms with E-state index in [2.05, 4.69) is 21.9 Å². The van der Waals surface area contributed by atoms with Crippen molar-refractivity contribution in [2.24, 2.45) is 11.3 Å². The van der Waals surface area contributed by atoms with Gasteiger partial charge in [0.05, 0.1) is 29.9 Å². The summed E-state index contributed by atoms with van der Waals surface area (Å²) in [6.07, 6.45) is 4.80. The summed E-state index contributed by atoms with van der Waals surface area (Å²) in [7, 11) is -2.35. The van der Waals surface area contributed by atoms with Gasteiger partial charge in [-0.2, -0.15) is 0 Å². The number of likely N-dealkylation sites (tertiary alicyclic amines) is 1. The normalized spacial score (nSPS) is 25.0. The molecule has 3 saturated carbocycles. The smallest absolute Gasteiger partial charge is 0.408 e. The predicted molar refractivity (Wildman–Crippen MR) is 194 cm³/mol. The van der Waals surface area contributed by atoms with Crippen molar-refractivity contribution in [3.8, 4) is 11.6 Å². The summed E-state index contributed by atoms with van der Waals surface area (Å²) in [5.41, 5.74) is -0.594. The summed E-state index contributed by atoms with van der Waals surface area (Å²) < 4.78 is 45.0. The molecule has 3 N–H and O–H groups in total. The number of benzene rings is 1. The Hall–Kier alpha value is -4.47. The van der Waals surface area contributed by atoms with Crippen LogP contribution in [0.15, 0.2) is 30.9 Å². The number of hydrogen-bond donors (Lipinski definition) is 3. The number of carbonyl (C=O) groups excluding carboxylic acids is 4. The van der Waals surface area contributed by atoms with Crippen LogP contribution in [-0.2, 0) is 35.6 Å². The number of methoxy groups -OCH3 is 1. The zero-order valence-corrected chi connectivity index (χ0v) is 31.8. The first kappa shape index (κ1) is 38.3. The van der Waals surface area contributed by atoms with Gasteiger partial charge in [-0.3, -0.25) is 19.1 Å². The number of ether oxygens (including phenoxy) is 3. The van der Waals surface area contributed by atoms with Gasteiger partial charge in [0.1, 0.15) is 41.3 Å². The molecule has 0 radical (unpaired) electrons. The van der Waals surface area contributed by atoms with Crippen molar-refractivity contribution in [2.75, 3.05) is 13.7 Å². The quantitative estimate of drug-likeness (QED) is 0.254. The van der Waals surface area contributed by atoms with Gasteiger partial charge in [0, 0.05) is 18.4 Å². The highest BCUT2D eigenvalue weighted by molar-refractivity contribution is 7.91. The molecule has 0 bridgehead atoms. The zero-order chi connectivity index (χ0) is 38.3. The zero-order valence-electron chi connectivity index (χ0n) is 31.0. The van der Waals surface area contributed by atoms with E-state index in [1.165, 1.54) is 11.0 Å². The summed E-state index contributed by atoms with van der Waals surface area (Å²) in [5, 5.41) is 4.92. The second kappa shape index (κ2) is 14.7. The van der Waals surface area contributed by atoms with Gasteiger partial charge in [0.15, 0.2) is 0 Å². The Morgan fingerprint density at radius 2 is 1.79 bits per heavy atom. The number of aromatic nitrogens is 2. The maximum absolute atomic E-state index is 14.6. The highest BCUT2D eigenvalue weighted by Gasteiger charge is 2.62. The Bertz CT molecular complexity index is 1890. The summed E-state index contributed by atoms with van der Waals surface area (Å²) in [5.74, 6) is -1.74. The summed E-state index contributed by atoms with van der Waals surface area (Å²) in [6, 6.07) is 3.08. The van der Waals surface area contributed by atoms with Crippen LogP contribution >= 0.6 is 0 Å². The number of hydrogen-bond acceptors (Lipinski definition) is 11. The lowest BCUT2D eigenvalue weighted by Gasteiger charge is -2.35. The number of nitrogens with one attached hydrogen (secondary N) is 3. The van der Waals surface area contributed by atoms with Crippen molar-refractivity contribution in [1.29, 1.82) is 0 Å². The van der Waals surface area contributed by atoms with E-state index in [9.17, 15) is 27.6 Å². The highest BCUT2D eigenvalue weighted by atomic mass is 32.2. The Kier molecular flexibility index (Phi) is 10.6. The molecule has 0 spiro atoms. The average Bonchev–Trinajstić information content (AvgIpc) is 3.99. The third kappa shape index (κ3) is 8.21. The van der Waals surface area contributed by atoms with Crippen LogP contribution in [0.1, 0.15) is 84.8 Å². The number of fused-ring (bicyclic) bond motifs is 1. The maximum atomic E-state index is 14.6. The minimum absolute atomic E-state index is 0.0127. The van der Waals surface area contributed by atoms with E-state index in [-0.39, 0.29) is 31.4 Å². The van der Waals surface area contributed by atoms with Crippen molar-refractivity contribution in [1.82, 2.24) is 30.2 Å². The molecule has 0 unspecified atom stereocenters. The SMILES string of the molecule is C=C[C@@H]1C[C@]1(NC(=O)[C@@H]1C[C@@H](Oc2nc3cc(OC)ccc3nc2CC)CN1C(=O)[C@@H](NC(=O)OC1CCCC1)C(C)(C)C)C(=O)NS(=O)(=O)C1CC1. The molecule has 53 heavy (non-hydrogen) atoms. The Morgan fingerprint density at radius 1 is 1.08 bits per heavy atom. The molecule has 1 aliphatic heterocycles. The Labute approximate surface area is 310 Å². The number of alkyl carbamates (subject to hydrolysis) is 1. The molecule has 1 saturated heterocycles. The molecule has 288 valence electrons. The molecule has 3 aliphatic carbocycles. The van der Waals surface area contributed by atoms with Crippen LogP contribution < -0.4 is 24.8 Å². The van der Waals surface area contributed by atoms with Crippen LogP contribution in [0.4, 0.5) is 4.79 Å². The number of nitrogens with zero attached hydrogens (tertiary/aromatic N) is 3. The van der Waals surface area contributed by atoms with Crippen LogP contribution in [0.3, 0.4) is 0 Å². The topological polar surface area (TPSA) is 195 Å². The summed E-state index contributed by atoms with van der Waals surface area (Å²) >= 11 is 0. The minimum Gasteiger partial charge on any atom is -0.497 e. The largest absolute Gasteiger partial charge is 0.497 e. The maximum Gasteiger partial charge on any atom is 0.408 e. The molecule has 2 aromatic rings. The van der Waals surface area contributed by atoms with Gasteiger partial charge in [-0.25, -0.2) is 23.2 Å². The number of carbonyl (C=O) groups is 4. The van der Waals surface area contributed by atoms with Gasteiger partial charge in [0.25, 0.3) is 5.91 Å². The Morgan fingerprint density at radius 3 is 2.40 bits per heavy atom. The minimum atomic E-state index is -3.90. The van der Waals surface area contributed by atoms with Gasteiger partial charge >= 0.3 is 6.09 Å². The van der Waals surface area contributed by atoms with Crippen LogP contribution in [0.2, 0.25) is 0 Å². The molecule has 1 aromatic heterocycles. The van der Waals surface area contributed by atoms with Crippen molar-refractivity contribution >= 4 is 44.9 Å². The van der Waals surface area contributed by atoms with Gasteiger partial charge in [-0.1, -0.05) is 33.8 Å². The average molecular weight is 755 g/mol. The third-order valence-corrected chi connectivity index (χ3v) is 12.4. The van der Waals surface area contributed by atoms with E-state index in [4.69, 9.17) is 24.2 Å². The summed E-state index contributed by atoms with van der Waals surface area (Å²) in [6.45, 7) is 11.0. The van der Waals surface area contributed by atoms with E-state index < -0.39 is 74.1 Å². The van der Waals surface area contributed by atoms with Crippen molar-refractivity contribution < 1.29 is 41.8 Å². The summed E-state index contributed by atoms with van der Waals surface area (Å²) in [4.78, 5) is 66.3. The number of sulfonamides is 1. The van der Waals surface area contributed by atoms with Crippen LogP contribution in [0, 0.1) is 11.3 Å². The molecule has 4 amide bonds. The lowest BCUT2D eigenvalue weighted by atomic mass is 9.85. The predicted octanol–water partition coefficient (Wildman–Crippen LogP) is 3.30. The van der Waals surface area contributed by atoms with Gasteiger partial charge in [0.2, 0.25) is 27.7 Å². The number of aryl methyl sites for hydroxylation is 1. The fraction of sp³-hybridized carbons (Fsp3) is 0.622. The highest BCUT2D eigenvalue weighted by Crippen LogP contribution is 2.45. The van der Waals surface area contributed by atoms with Crippen molar-refractivity contribution in [2.45, 2.75) is 121 Å². The van der Waals surface area contributed by atoms with E-state index in [1.807, 2.05) is 6.92 Å². The second-order valence-electron chi connectivity index (χ2n) is 15.6. The van der Waals surface area contributed by atoms with Gasteiger partial charge < -0.3 is 29.7 Å². The number of rotatable bonds is 13. The lowest BCUT2D eigenvalue weighted by Crippen LogP contribution is -2.60. The molecular weight excluding hydrogens is 705 g/mol.